The summed E-state index contributed by atoms with van der Waals surface area (Å²) in [6.07, 6.45) is -4.85. The second kappa shape index (κ2) is 4.60. The van der Waals surface area contributed by atoms with Crippen LogP contribution in [0.4, 0.5) is 26.3 Å². The zero-order chi connectivity index (χ0) is 14.2. The van der Waals surface area contributed by atoms with Crippen LogP contribution in [0.15, 0.2) is 30.3 Å². The van der Waals surface area contributed by atoms with Crippen molar-refractivity contribution in [2.45, 2.75) is 6.18 Å². The Kier molecular flexibility index (Phi) is 3.26. The molecular weight excluding hydrogens is 270 g/mol. The van der Waals surface area contributed by atoms with Gasteiger partial charge in [0.15, 0.2) is 0 Å². The Morgan fingerprint density at radius 2 is 1.47 bits per heavy atom. The first kappa shape index (κ1) is 13.5. The number of halogens is 6. The minimum atomic E-state index is -4.85. The summed E-state index contributed by atoms with van der Waals surface area (Å²) in [5, 5.41) is 0. The van der Waals surface area contributed by atoms with Crippen molar-refractivity contribution in [2.75, 3.05) is 0 Å². The minimum Gasteiger partial charge on any atom is -0.206 e. The molecule has 99 valence electrons. The van der Waals surface area contributed by atoms with Crippen molar-refractivity contribution in [1.29, 1.82) is 0 Å². The third-order valence-corrected chi connectivity index (χ3v) is 2.39. The van der Waals surface area contributed by atoms with Gasteiger partial charge in [-0.15, -0.1) is 0 Å². The van der Waals surface area contributed by atoms with Crippen LogP contribution in [-0.4, -0.2) is 0 Å². The van der Waals surface area contributed by atoms with Crippen molar-refractivity contribution in [3.63, 3.8) is 0 Å². The van der Waals surface area contributed by atoms with E-state index >= 15 is 0 Å². The van der Waals surface area contributed by atoms with E-state index in [0.717, 1.165) is 18.2 Å². The van der Waals surface area contributed by atoms with Crippen LogP contribution in [0.3, 0.4) is 0 Å². The lowest BCUT2D eigenvalue weighted by Gasteiger charge is -2.10. The monoisotopic (exact) mass is 275 g/mol. The molecule has 0 aliphatic carbocycles. The molecule has 0 saturated heterocycles. The number of benzene rings is 2. The molecule has 0 aliphatic heterocycles. The second-order valence-corrected chi connectivity index (χ2v) is 3.73. The molecule has 2 rings (SSSR count). The Balaban J connectivity index is 2.67. The van der Waals surface area contributed by atoms with Crippen LogP contribution >= 0.6 is 0 Å². The maximum absolute atomic E-state index is 13.4. The first-order chi connectivity index (χ1) is 8.79. The molecule has 0 atom stereocenters. The first-order valence-corrected chi connectivity index (χ1v) is 5.03. The molecule has 0 saturated carbocycles. The van der Waals surface area contributed by atoms with Gasteiger partial charge in [-0.05, 0) is 29.8 Å². The minimum absolute atomic E-state index is 0.449. The number of rotatable bonds is 1. The fourth-order valence-corrected chi connectivity index (χ4v) is 1.61. The lowest BCUT2D eigenvalue weighted by molar-refractivity contribution is -0.138. The van der Waals surface area contributed by atoms with Crippen molar-refractivity contribution in [3.8, 4) is 11.1 Å². The van der Waals surface area contributed by atoms with E-state index in [1.807, 2.05) is 0 Å². The van der Waals surface area contributed by atoms with E-state index in [1.54, 1.807) is 0 Å². The van der Waals surface area contributed by atoms with Gasteiger partial charge in [-0.3, -0.25) is 0 Å². The summed E-state index contributed by atoms with van der Waals surface area (Å²) in [6.45, 7) is 0. The Labute approximate surface area is 104 Å². The van der Waals surface area contributed by atoms with Crippen LogP contribution in [-0.2, 0) is 6.18 Å². The van der Waals surface area contributed by atoms with Crippen molar-refractivity contribution in [1.82, 2.24) is 0 Å². The van der Waals surface area contributed by atoms with Gasteiger partial charge in [-0.1, -0.05) is 6.07 Å². The summed E-state index contributed by atoms with van der Waals surface area (Å²) in [5.41, 5.74) is -2.66. The Bertz CT molecular complexity index is 595. The predicted molar refractivity (Wildman–Crippen MR) is 55.6 cm³/mol. The maximum atomic E-state index is 13.4. The molecule has 0 aromatic heterocycles. The lowest BCUT2D eigenvalue weighted by Crippen LogP contribution is -2.06. The SMILES string of the molecule is Fc1[c]c(C(F)(F)F)cc(-c2c(F)cccc2F)c1. The molecule has 6 heteroatoms. The van der Waals surface area contributed by atoms with Gasteiger partial charge >= 0.3 is 6.18 Å². The van der Waals surface area contributed by atoms with E-state index in [0.29, 0.717) is 12.1 Å². The quantitative estimate of drug-likeness (QED) is 0.668. The van der Waals surface area contributed by atoms with E-state index in [9.17, 15) is 26.3 Å². The van der Waals surface area contributed by atoms with Gasteiger partial charge in [0.2, 0.25) is 0 Å². The number of hydrogen-bond acceptors (Lipinski definition) is 0. The molecule has 2 aromatic carbocycles. The van der Waals surface area contributed by atoms with Gasteiger partial charge in [0.25, 0.3) is 0 Å². The van der Waals surface area contributed by atoms with Gasteiger partial charge in [0, 0.05) is 6.07 Å². The summed E-state index contributed by atoms with van der Waals surface area (Å²) >= 11 is 0. The average molecular weight is 275 g/mol. The van der Waals surface area contributed by atoms with E-state index in [4.69, 9.17) is 0 Å². The van der Waals surface area contributed by atoms with Gasteiger partial charge in [0.1, 0.15) is 17.5 Å². The molecule has 0 spiro atoms. The molecule has 0 N–H and O–H groups in total. The molecule has 0 aliphatic rings. The standard InChI is InChI=1S/C13H5F6/c14-9-5-7(4-8(6-9)13(17,18)19)12-10(15)2-1-3-11(12)16/h1-5H. The normalized spacial score (nSPS) is 11.7. The van der Waals surface area contributed by atoms with Crippen LogP contribution in [0, 0.1) is 23.5 Å². The molecule has 0 amide bonds. The summed E-state index contributed by atoms with van der Waals surface area (Å²) in [6, 6.07) is 5.31. The van der Waals surface area contributed by atoms with Crippen LogP contribution in [0.2, 0.25) is 0 Å². The zero-order valence-electron chi connectivity index (χ0n) is 9.15. The zero-order valence-corrected chi connectivity index (χ0v) is 9.15. The molecular formula is C13H5F6. The topological polar surface area (TPSA) is 0 Å². The number of alkyl halides is 3. The van der Waals surface area contributed by atoms with Crippen LogP contribution < -0.4 is 0 Å². The Morgan fingerprint density at radius 1 is 0.895 bits per heavy atom. The molecule has 0 fully saturated rings. The molecule has 0 nitrogen and oxygen atoms in total. The van der Waals surface area contributed by atoms with Crippen molar-refractivity contribution >= 4 is 0 Å². The van der Waals surface area contributed by atoms with Crippen LogP contribution in [0.5, 0.6) is 0 Å². The summed E-state index contributed by atoms with van der Waals surface area (Å²) < 4.78 is 77.4. The van der Waals surface area contributed by atoms with E-state index in [1.165, 1.54) is 6.07 Å². The molecule has 1 radical (unpaired) electrons. The highest BCUT2D eigenvalue weighted by Gasteiger charge is 2.32. The van der Waals surface area contributed by atoms with Gasteiger partial charge in [-0.2, -0.15) is 13.2 Å². The maximum Gasteiger partial charge on any atom is 0.417 e. The molecule has 0 heterocycles. The highest BCUT2D eigenvalue weighted by molar-refractivity contribution is 5.65. The van der Waals surface area contributed by atoms with Gasteiger partial charge in [0.05, 0.1) is 11.1 Å². The van der Waals surface area contributed by atoms with E-state index < -0.39 is 40.3 Å². The third kappa shape index (κ3) is 2.72. The molecule has 0 bridgehead atoms. The summed E-state index contributed by atoms with van der Waals surface area (Å²) in [4.78, 5) is 0. The first-order valence-electron chi connectivity index (χ1n) is 5.03. The summed E-state index contributed by atoms with van der Waals surface area (Å²) in [5.74, 6) is -3.48. The molecule has 19 heavy (non-hydrogen) atoms. The Hall–Kier alpha value is -1.98. The highest BCUT2D eigenvalue weighted by Crippen LogP contribution is 2.34. The van der Waals surface area contributed by atoms with Crippen molar-refractivity contribution < 1.29 is 26.3 Å². The lowest BCUT2D eigenvalue weighted by atomic mass is 10.0. The van der Waals surface area contributed by atoms with Gasteiger partial charge < -0.3 is 0 Å². The highest BCUT2D eigenvalue weighted by atomic mass is 19.4. The van der Waals surface area contributed by atoms with Crippen molar-refractivity contribution in [3.05, 3.63) is 59.4 Å². The predicted octanol–water partition coefficient (Wildman–Crippen LogP) is 4.59. The number of hydrogen-bond donors (Lipinski definition) is 0. The van der Waals surface area contributed by atoms with Crippen molar-refractivity contribution in [2.24, 2.45) is 0 Å². The van der Waals surface area contributed by atoms with Crippen LogP contribution in [0.1, 0.15) is 5.56 Å². The van der Waals surface area contributed by atoms with Gasteiger partial charge in [-0.25, -0.2) is 13.2 Å². The fraction of sp³-hybridized carbons (Fsp3) is 0.0769. The summed E-state index contributed by atoms with van der Waals surface area (Å²) in [7, 11) is 0. The fourth-order valence-electron chi connectivity index (χ4n) is 1.61. The molecule has 2 aromatic rings. The Morgan fingerprint density at radius 3 is 2.00 bits per heavy atom. The molecule has 0 unspecified atom stereocenters. The second-order valence-electron chi connectivity index (χ2n) is 3.73. The average Bonchev–Trinajstić information content (AvgIpc) is 2.26. The smallest absolute Gasteiger partial charge is 0.206 e. The van der Waals surface area contributed by atoms with Crippen LogP contribution in [0.25, 0.3) is 11.1 Å². The third-order valence-electron chi connectivity index (χ3n) is 2.39. The van der Waals surface area contributed by atoms with E-state index in [-0.39, 0.29) is 0 Å². The van der Waals surface area contributed by atoms with E-state index in [2.05, 4.69) is 0 Å². The largest absolute Gasteiger partial charge is 0.417 e.